The second kappa shape index (κ2) is 7.47. The smallest absolute Gasteiger partial charge is 0.219 e. The number of benzene rings is 1. The Morgan fingerprint density at radius 3 is 2.50 bits per heavy atom. The molecular weight excluding hydrogens is 298 g/mol. The van der Waals surface area contributed by atoms with E-state index in [1.165, 1.54) is 11.1 Å². The molecule has 1 saturated heterocycles. The van der Waals surface area contributed by atoms with Crippen LogP contribution in [0.15, 0.2) is 42.6 Å². The number of carbonyl (C=O) groups is 1. The standard InChI is InChI=1S/C20H25N3O/c1-16-4-3-5-18(14-16)6-7-19-8-9-20(15-21-19)23-12-10-22(11-13-23)17(2)24/h3-5,8-9,14-15H,6-7,10-13H2,1-2H3. The van der Waals surface area contributed by atoms with Crippen molar-refractivity contribution < 1.29 is 4.79 Å². The number of amides is 1. The summed E-state index contributed by atoms with van der Waals surface area (Å²) in [6.45, 7) is 7.12. The minimum absolute atomic E-state index is 0.166. The summed E-state index contributed by atoms with van der Waals surface area (Å²) < 4.78 is 0. The lowest BCUT2D eigenvalue weighted by molar-refractivity contribution is -0.129. The quantitative estimate of drug-likeness (QED) is 0.868. The highest BCUT2D eigenvalue weighted by Gasteiger charge is 2.18. The molecule has 0 spiro atoms. The molecule has 1 aliphatic rings. The zero-order chi connectivity index (χ0) is 16.9. The highest BCUT2D eigenvalue weighted by Crippen LogP contribution is 2.16. The molecule has 3 rings (SSSR count). The maximum Gasteiger partial charge on any atom is 0.219 e. The largest absolute Gasteiger partial charge is 0.367 e. The van der Waals surface area contributed by atoms with E-state index in [9.17, 15) is 4.79 Å². The molecule has 0 N–H and O–H groups in total. The molecule has 1 aromatic carbocycles. The van der Waals surface area contributed by atoms with E-state index >= 15 is 0 Å². The topological polar surface area (TPSA) is 36.4 Å². The van der Waals surface area contributed by atoms with Crippen molar-refractivity contribution in [2.24, 2.45) is 0 Å². The van der Waals surface area contributed by atoms with Crippen LogP contribution in [0.5, 0.6) is 0 Å². The molecule has 1 fully saturated rings. The van der Waals surface area contributed by atoms with Crippen molar-refractivity contribution in [1.29, 1.82) is 0 Å². The molecule has 1 aliphatic heterocycles. The van der Waals surface area contributed by atoms with Crippen molar-refractivity contribution >= 4 is 11.6 Å². The summed E-state index contributed by atoms with van der Waals surface area (Å²) in [5.41, 5.74) is 4.95. The van der Waals surface area contributed by atoms with Gasteiger partial charge in [-0.15, -0.1) is 0 Å². The molecule has 1 amide bonds. The third kappa shape index (κ3) is 4.13. The predicted octanol–water partition coefficient (Wildman–Crippen LogP) is 2.84. The van der Waals surface area contributed by atoms with Crippen molar-refractivity contribution in [2.75, 3.05) is 31.1 Å². The van der Waals surface area contributed by atoms with Crippen LogP contribution in [0.2, 0.25) is 0 Å². The van der Waals surface area contributed by atoms with Gasteiger partial charge in [0.2, 0.25) is 5.91 Å². The van der Waals surface area contributed by atoms with E-state index in [-0.39, 0.29) is 5.91 Å². The molecule has 4 heteroatoms. The first kappa shape index (κ1) is 16.5. The van der Waals surface area contributed by atoms with Gasteiger partial charge in [-0.1, -0.05) is 29.8 Å². The maximum atomic E-state index is 11.4. The predicted molar refractivity (Wildman–Crippen MR) is 97.3 cm³/mol. The molecule has 24 heavy (non-hydrogen) atoms. The summed E-state index contributed by atoms with van der Waals surface area (Å²) in [5, 5.41) is 0. The van der Waals surface area contributed by atoms with Crippen LogP contribution in [0.4, 0.5) is 5.69 Å². The molecule has 0 unspecified atom stereocenters. The molecule has 126 valence electrons. The second-order valence-corrected chi connectivity index (χ2v) is 6.49. The number of hydrogen-bond acceptors (Lipinski definition) is 3. The van der Waals surface area contributed by atoms with Gasteiger partial charge < -0.3 is 9.80 Å². The first-order chi connectivity index (χ1) is 11.6. The summed E-state index contributed by atoms with van der Waals surface area (Å²) in [4.78, 5) is 20.2. The number of aromatic nitrogens is 1. The second-order valence-electron chi connectivity index (χ2n) is 6.49. The van der Waals surface area contributed by atoms with Crippen LogP contribution in [0.1, 0.15) is 23.7 Å². The number of aryl methyl sites for hydroxylation is 3. The Balaban J connectivity index is 1.55. The van der Waals surface area contributed by atoms with Gasteiger partial charge in [0, 0.05) is 38.8 Å². The summed E-state index contributed by atoms with van der Waals surface area (Å²) in [5.74, 6) is 0.166. The van der Waals surface area contributed by atoms with Gasteiger partial charge in [0.25, 0.3) is 0 Å². The summed E-state index contributed by atoms with van der Waals surface area (Å²) in [6.07, 6.45) is 3.95. The Labute approximate surface area is 144 Å². The molecule has 0 atom stereocenters. The van der Waals surface area contributed by atoms with Crippen LogP contribution in [-0.4, -0.2) is 42.0 Å². The van der Waals surface area contributed by atoms with E-state index in [0.29, 0.717) is 0 Å². The molecule has 0 bridgehead atoms. The highest BCUT2D eigenvalue weighted by atomic mass is 16.2. The van der Waals surface area contributed by atoms with Crippen LogP contribution in [-0.2, 0) is 17.6 Å². The van der Waals surface area contributed by atoms with Gasteiger partial charge in [-0.3, -0.25) is 9.78 Å². The zero-order valence-electron chi connectivity index (χ0n) is 14.5. The van der Waals surface area contributed by atoms with Gasteiger partial charge in [0.05, 0.1) is 11.9 Å². The average molecular weight is 323 g/mol. The SMILES string of the molecule is CC(=O)N1CCN(c2ccc(CCc3cccc(C)c3)nc2)CC1. The van der Waals surface area contributed by atoms with Crippen LogP contribution >= 0.6 is 0 Å². The van der Waals surface area contributed by atoms with Gasteiger partial charge in [-0.2, -0.15) is 0 Å². The third-order valence-corrected chi connectivity index (χ3v) is 4.65. The molecule has 0 saturated carbocycles. The van der Waals surface area contributed by atoms with Gasteiger partial charge in [-0.25, -0.2) is 0 Å². The van der Waals surface area contributed by atoms with Gasteiger partial charge in [-0.05, 0) is 37.5 Å². The highest BCUT2D eigenvalue weighted by molar-refractivity contribution is 5.73. The zero-order valence-corrected chi connectivity index (χ0v) is 14.5. The van der Waals surface area contributed by atoms with E-state index in [4.69, 9.17) is 0 Å². The molecular formula is C20H25N3O. The number of hydrogen-bond donors (Lipinski definition) is 0. The van der Waals surface area contributed by atoms with E-state index in [0.717, 1.165) is 50.4 Å². The van der Waals surface area contributed by atoms with E-state index in [1.807, 2.05) is 11.1 Å². The number of piperazine rings is 1. The Morgan fingerprint density at radius 1 is 1.08 bits per heavy atom. The Morgan fingerprint density at radius 2 is 1.88 bits per heavy atom. The fourth-order valence-corrected chi connectivity index (χ4v) is 3.17. The Kier molecular flexibility index (Phi) is 5.14. The van der Waals surface area contributed by atoms with Gasteiger partial charge in [0.1, 0.15) is 0 Å². The van der Waals surface area contributed by atoms with E-state index in [1.54, 1.807) is 6.92 Å². The lowest BCUT2D eigenvalue weighted by atomic mass is 10.1. The first-order valence-corrected chi connectivity index (χ1v) is 8.63. The number of anilines is 1. The summed E-state index contributed by atoms with van der Waals surface area (Å²) in [7, 11) is 0. The van der Waals surface area contributed by atoms with E-state index in [2.05, 4.69) is 53.2 Å². The third-order valence-electron chi connectivity index (χ3n) is 4.65. The summed E-state index contributed by atoms with van der Waals surface area (Å²) in [6, 6.07) is 12.9. The average Bonchev–Trinajstić information content (AvgIpc) is 2.61. The van der Waals surface area contributed by atoms with Crippen molar-refractivity contribution in [3.63, 3.8) is 0 Å². The summed E-state index contributed by atoms with van der Waals surface area (Å²) >= 11 is 0. The van der Waals surface area contributed by atoms with Gasteiger partial charge in [0.15, 0.2) is 0 Å². The Hall–Kier alpha value is -2.36. The molecule has 0 aliphatic carbocycles. The molecule has 0 radical (unpaired) electrons. The first-order valence-electron chi connectivity index (χ1n) is 8.63. The lowest BCUT2D eigenvalue weighted by Gasteiger charge is -2.35. The number of rotatable bonds is 4. The number of pyridine rings is 1. The minimum Gasteiger partial charge on any atom is -0.367 e. The van der Waals surface area contributed by atoms with Crippen LogP contribution in [0.25, 0.3) is 0 Å². The maximum absolute atomic E-state index is 11.4. The fraction of sp³-hybridized carbons (Fsp3) is 0.400. The molecule has 4 nitrogen and oxygen atoms in total. The molecule has 2 heterocycles. The van der Waals surface area contributed by atoms with Crippen molar-refractivity contribution in [3.8, 4) is 0 Å². The van der Waals surface area contributed by atoms with E-state index < -0.39 is 0 Å². The van der Waals surface area contributed by atoms with Crippen molar-refractivity contribution in [3.05, 3.63) is 59.4 Å². The lowest BCUT2D eigenvalue weighted by Crippen LogP contribution is -2.48. The van der Waals surface area contributed by atoms with Crippen molar-refractivity contribution in [1.82, 2.24) is 9.88 Å². The van der Waals surface area contributed by atoms with Crippen LogP contribution in [0.3, 0.4) is 0 Å². The van der Waals surface area contributed by atoms with Gasteiger partial charge >= 0.3 is 0 Å². The molecule has 2 aromatic rings. The monoisotopic (exact) mass is 323 g/mol. The van der Waals surface area contributed by atoms with Crippen LogP contribution < -0.4 is 4.90 Å². The number of carbonyl (C=O) groups excluding carboxylic acids is 1. The fourth-order valence-electron chi connectivity index (χ4n) is 3.17. The van der Waals surface area contributed by atoms with Crippen LogP contribution in [0, 0.1) is 6.92 Å². The van der Waals surface area contributed by atoms with Crippen molar-refractivity contribution in [2.45, 2.75) is 26.7 Å². The Bertz CT molecular complexity index is 688. The number of nitrogens with zero attached hydrogens (tertiary/aromatic N) is 3. The molecule has 1 aromatic heterocycles. The normalized spacial score (nSPS) is 14.8. The minimum atomic E-state index is 0.166.